The van der Waals surface area contributed by atoms with Crippen LogP contribution in [0.2, 0.25) is 0 Å². The van der Waals surface area contributed by atoms with Gasteiger partial charge in [0.25, 0.3) is 6.47 Å². The zero-order valence-corrected chi connectivity index (χ0v) is 18.6. The van der Waals surface area contributed by atoms with E-state index in [1.165, 1.54) is 50.0 Å². The first-order valence-electron chi connectivity index (χ1n) is 11.1. The van der Waals surface area contributed by atoms with E-state index in [0.29, 0.717) is 6.61 Å². The molecule has 8 heteroatoms. The maximum absolute atomic E-state index is 8.36. The van der Waals surface area contributed by atoms with E-state index < -0.39 is 0 Å². The van der Waals surface area contributed by atoms with Crippen LogP contribution >= 0.6 is 0 Å². The van der Waals surface area contributed by atoms with Gasteiger partial charge in [-0.1, -0.05) is 0 Å². The highest BCUT2D eigenvalue weighted by molar-refractivity contribution is 5.97. The number of likely N-dealkylation sites (tertiary alicyclic amines) is 1. The lowest BCUT2D eigenvalue weighted by atomic mass is 10.0. The first kappa shape index (κ1) is 22.9. The summed E-state index contributed by atoms with van der Waals surface area (Å²) in [6.07, 6.45) is 7.08. The zero-order chi connectivity index (χ0) is 22.1. The van der Waals surface area contributed by atoms with Gasteiger partial charge in [-0.3, -0.25) is 4.79 Å². The van der Waals surface area contributed by atoms with Gasteiger partial charge >= 0.3 is 0 Å². The molecule has 0 bridgehead atoms. The number of anilines is 2. The summed E-state index contributed by atoms with van der Waals surface area (Å²) in [4.78, 5) is 15.8. The second kappa shape index (κ2) is 11.6. The van der Waals surface area contributed by atoms with Crippen molar-refractivity contribution in [3.05, 3.63) is 17.7 Å². The van der Waals surface area contributed by atoms with Crippen LogP contribution in [0.25, 0.3) is 10.9 Å². The van der Waals surface area contributed by atoms with Crippen LogP contribution < -0.4 is 20.1 Å². The van der Waals surface area contributed by atoms with Crippen LogP contribution in [-0.4, -0.2) is 68.4 Å². The molecular formula is C23H34N4O4. The molecule has 1 aromatic carbocycles. The fourth-order valence-corrected chi connectivity index (χ4v) is 4.35. The molecule has 8 nitrogen and oxygen atoms in total. The summed E-state index contributed by atoms with van der Waals surface area (Å²) in [5.41, 5.74) is 3.40. The van der Waals surface area contributed by atoms with Crippen molar-refractivity contribution in [2.24, 2.45) is 0 Å². The van der Waals surface area contributed by atoms with Crippen LogP contribution in [0.1, 0.15) is 37.7 Å². The average Bonchev–Trinajstić information content (AvgIpc) is 3.18. The normalized spacial score (nSPS) is 15.8. The number of rotatable bonds is 7. The fraction of sp³-hybridized carbons (Fsp3) is 0.565. The Morgan fingerprint density at radius 2 is 2.00 bits per heavy atom. The number of hydrogen-bond acceptors (Lipinski definition) is 7. The number of ether oxygens (including phenoxy) is 2. The molecule has 2 aliphatic rings. The summed E-state index contributed by atoms with van der Waals surface area (Å²) in [7, 11) is 3.65. The molecule has 1 aromatic heterocycles. The third-order valence-electron chi connectivity index (χ3n) is 5.84. The summed E-state index contributed by atoms with van der Waals surface area (Å²) in [5, 5.41) is 14.9. The van der Waals surface area contributed by atoms with Gasteiger partial charge in [-0.05, 0) is 57.7 Å². The van der Waals surface area contributed by atoms with Crippen LogP contribution in [0.5, 0.6) is 11.5 Å². The molecule has 31 heavy (non-hydrogen) atoms. The molecule has 2 aromatic rings. The Morgan fingerprint density at radius 3 is 2.71 bits per heavy atom. The molecule has 3 heterocycles. The van der Waals surface area contributed by atoms with Crippen LogP contribution in [0.4, 0.5) is 11.5 Å². The predicted molar refractivity (Wildman–Crippen MR) is 124 cm³/mol. The quantitative estimate of drug-likeness (QED) is 0.453. The maximum atomic E-state index is 8.36. The van der Waals surface area contributed by atoms with E-state index in [1.807, 2.05) is 13.1 Å². The van der Waals surface area contributed by atoms with Gasteiger partial charge in [0.2, 0.25) is 0 Å². The Hall–Kier alpha value is -2.74. The van der Waals surface area contributed by atoms with E-state index in [1.54, 1.807) is 7.11 Å². The topological polar surface area (TPSA) is 96.0 Å². The van der Waals surface area contributed by atoms with Gasteiger partial charge in [-0.15, -0.1) is 0 Å². The van der Waals surface area contributed by atoms with Crippen molar-refractivity contribution in [1.82, 2.24) is 9.88 Å². The molecular weight excluding hydrogens is 396 g/mol. The van der Waals surface area contributed by atoms with Crippen LogP contribution in [-0.2, 0) is 11.2 Å². The third-order valence-corrected chi connectivity index (χ3v) is 5.84. The van der Waals surface area contributed by atoms with Gasteiger partial charge in [0.1, 0.15) is 5.82 Å². The number of carbonyl (C=O) groups is 1. The van der Waals surface area contributed by atoms with E-state index >= 15 is 0 Å². The minimum absolute atomic E-state index is 0.250. The second-order valence-corrected chi connectivity index (χ2v) is 7.82. The molecule has 0 saturated carbocycles. The molecule has 0 aliphatic carbocycles. The predicted octanol–water partition coefficient (Wildman–Crippen LogP) is 3.60. The summed E-state index contributed by atoms with van der Waals surface area (Å²) in [5.74, 6) is 2.52. The Morgan fingerprint density at radius 1 is 1.23 bits per heavy atom. The molecule has 4 rings (SSSR count). The van der Waals surface area contributed by atoms with Gasteiger partial charge in [0.15, 0.2) is 11.5 Å². The summed E-state index contributed by atoms with van der Waals surface area (Å²) < 4.78 is 11.8. The molecule has 2 aliphatic heterocycles. The first-order chi connectivity index (χ1) is 15.2. The number of aromatic nitrogens is 1. The van der Waals surface area contributed by atoms with Gasteiger partial charge in [-0.25, -0.2) is 4.98 Å². The Balaban J connectivity index is 0.000000858. The minimum Gasteiger partial charge on any atom is -0.493 e. The number of nitrogens with one attached hydrogen (secondary N) is 2. The Kier molecular flexibility index (Phi) is 8.58. The number of methoxy groups -OCH3 is 1. The lowest BCUT2D eigenvalue weighted by molar-refractivity contribution is -0.122. The SMILES string of the molecule is CNc1nc2cc(OCCCN3CCCC3)c(OC)cc2c2c1CCCCN2.O=CO. The Labute approximate surface area is 183 Å². The van der Waals surface area contributed by atoms with Gasteiger partial charge < -0.3 is 30.1 Å². The molecule has 1 fully saturated rings. The van der Waals surface area contributed by atoms with Gasteiger partial charge in [0, 0.05) is 37.2 Å². The van der Waals surface area contributed by atoms with Crippen LogP contribution in [0.3, 0.4) is 0 Å². The number of pyridine rings is 1. The van der Waals surface area contributed by atoms with Crippen molar-refractivity contribution in [1.29, 1.82) is 0 Å². The van der Waals surface area contributed by atoms with Crippen molar-refractivity contribution < 1.29 is 19.4 Å². The van der Waals surface area contributed by atoms with Crippen molar-refractivity contribution >= 4 is 28.9 Å². The zero-order valence-electron chi connectivity index (χ0n) is 18.6. The first-order valence-corrected chi connectivity index (χ1v) is 11.1. The lowest BCUT2D eigenvalue weighted by Crippen LogP contribution is -2.21. The number of hydrogen-bond donors (Lipinski definition) is 3. The Bertz CT molecular complexity index is 869. The van der Waals surface area contributed by atoms with Crippen LogP contribution in [0, 0.1) is 0 Å². The largest absolute Gasteiger partial charge is 0.493 e. The van der Waals surface area contributed by atoms with E-state index in [-0.39, 0.29) is 6.47 Å². The highest BCUT2D eigenvalue weighted by Crippen LogP contribution is 2.39. The summed E-state index contributed by atoms with van der Waals surface area (Å²) >= 11 is 0. The fourth-order valence-electron chi connectivity index (χ4n) is 4.35. The van der Waals surface area contributed by atoms with Crippen molar-refractivity contribution in [2.45, 2.75) is 38.5 Å². The van der Waals surface area contributed by atoms with E-state index in [4.69, 9.17) is 24.4 Å². The summed E-state index contributed by atoms with van der Waals surface area (Å²) in [6.45, 7) is 5.00. The number of benzene rings is 1. The molecule has 170 valence electrons. The third kappa shape index (κ3) is 5.70. The van der Waals surface area contributed by atoms with E-state index in [9.17, 15) is 0 Å². The van der Waals surface area contributed by atoms with Gasteiger partial charge in [0.05, 0.1) is 24.9 Å². The smallest absolute Gasteiger partial charge is 0.290 e. The lowest BCUT2D eigenvalue weighted by Gasteiger charge is -2.18. The monoisotopic (exact) mass is 430 g/mol. The molecule has 3 N–H and O–H groups in total. The highest BCUT2D eigenvalue weighted by atomic mass is 16.5. The molecule has 0 spiro atoms. The average molecular weight is 431 g/mol. The summed E-state index contributed by atoms with van der Waals surface area (Å²) in [6, 6.07) is 4.10. The van der Waals surface area contributed by atoms with Crippen molar-refractivity contribution in [3.8, 4) is 11.5 Å². The minimum atomic E-state index is -0.250. The molecule has 1 saturated heterocycles. The number of fused-ring (bicyclic) bond motifs is 3. The van der Waals surface area contributed by atoms with Crippen molar-refractivity contribution in [2.75, 3.05) is 57.6 Å². The van der Waals surface area contributed by atoms with E-state index in [0.717, 1.165) is 54.2 Å². The molecule has 0 amide bonds. The highest BCUT2D eigenvalue weighted by Gasteiger charge is 2.19. The number of carboxylic acid groups (broad SMARTS) is 1. The molecule has 0 radical (unpaired) electrons. The van der Waals surface area contributed by atoms with Crippen LogP contribution in [0.15, 0.2) is 12.1 Å². The number of nitrogens with zero attached hydrogens (tertiary/aromatic N) is 2. The molecule has 0 unspecified atom stereocenters. The second-order valence-electron chi connectivity index (χ2n) is 7.82. The molecule has 0 atom stereocenters. The van der Waals surface area contributed by atoms with Gasteiger partial charge in [-0.2, -0.15) is 0 Å². The standard InChI is InChI=1S/C22H32N4O2.CH2O2/c1-23-22-16-8-3-4-9-24-21(16)17-14-19(27-2)20(15-18(17)25-22)28-13-7-12-26-10-5-6-11-26;2-1-3/h14-15,24H,3-13H2,1-2H3,(H,23,25);1H,(H,2,3). The van der Waals surface area contributed by atoms with E-state index in [2.05, 4.69) is 21.6 Å². The van der Waals surface area contributed by atoms with Crippen molar-refractivity contribution in [3.63, 3.8) is 0 Å². The maximum Gasteiger partial charge on any atom is 0.290 e.